The van der Waals surface area contributed by atoms with E-state index in [-0.39, 0.29) is 5.91 Å². The minimum absolute atomic E-state index is 0.0352. The number of carbonyl (C=O) groups is 1. The highest BCUT2D eigenvalue weighted by Crippen LogP contribution is 2.14. The Balaban J connectivity index is 2.56. The van der Waals surface area contributed by atoms with E-state index >= 15 is 0 Å². The Morgan fingerprint density at radius 3 is 1.95 bits per heavy atom. The van der Waals surface area contributed by atoms with E-state index in [4.69, 9.17) is 0 Å². The van der Waals surface area contributed by atoms with Gasteiger partial charge in [0.2, 0.25) is 0 Å². The van der Waals surface area contributed by atoms with Gasteiger partial charge in [0.05, 0.1) is 0 Å². The molecule has 1 amide bonds. The predicted octanol–water partition coefficient (Wildman–Crippen LogP) is 3.60. The predicted molar refractivity (Wildman–Crippen MR) is 89.4 cm³/mol. The summed E-state index contributed by atoms with van der Waals surface area (Å²) in [4.78, 5) is 11.5. The highest BCUT2D eigenvalue weighted by Gasteiger charge is 2.12. The summed E-state index contributed by atoms with van der Waals surface area (Å²) in [5.41, 5.74) is 1.93. The lowest BCUT2D eigenvalue weighted by atomic mass is 9.95. The van der Waals surface area contributed by atoms with Crippen LogP contribution in [0, 0.1) is 11.8 Å². The van der Waals surface area contributed by atoms with Gasteiger partial charge in [0, 0.05) is 25.2 Å². The van der Waals surface area contributed by atoms with Crippen LogP contribution in [0.5, 0.6) is 0 Å². The molecule has 0 radical (unpaired) electrons. The van der Waals surface area contributed by atoms with Crippen LogP contribution in [-0.4, -0.2) is 19.0 Å². The highest BCUT2D eigenvalue weighted by atomic mass is 16.1. The minimum atomic E-state index is -0.0352. The standard InChI is InChI=1S/C18H30N2O/c1-13(2)10-17(11-14(3)4)20-12-15-6-8-16(9-7-15)18(21)19-5/h6-9,13-14,17,20H,10-12H2,1-5H3,(H,19,21). The van der Waals surface area contributed by atoms with E-state index in [9.17, 15) is 4.79 Å². The van der Waals surface area contributed by atoms with E-state index in [0.29, 0.717) is 23.4 Å². The van der Waals surface area contributed by atoms with Crippen molar-refractivity contribution < 1.29 is 4.79 Å². The molecule has 1 aromatic rings. The van der Waals surface area contributed by atoms with Gasteiger partial charge < -0.3 is 10.6 Å². The molecule has 0 aliphatic rings. The maximum Gasteiger partial charge on any atom is 0.251 e. The van der Waals surface area contributed by atoms with E-state index in [1.807, 2.05) is 24.3 Å². The molecule has 3 heteroatoms. The summed E-state index contributed by atoms with van der Waals surface area (Å²) in [7, 11) is 1.65. The van der Waals surface area contributed by atoms with Crippen LogP contribution in [0.15, 0.2) is 24.3 Å². The molecule has 0 saturated carbocycles. The van der Waals surface area contributed by atoms with Gasteiger partial charge in [-0.25, -0.2) is 0 Å². The van der Waals surface area contributed by atoms with Crippen molar-refractivity contribution in [2.75, 3.05) is 7.05 Å². The molecule has 2 N–H and O–H groups in total. The molecular weight excluding hydrogens is 260 g/mol. The van der Waals surface area contributed by atoms with Gasteiger partial charge >= 0.3 is 0 Å². The Morgan fingerprint density at radius 1 is 1.00 bits per heavy atom. The first-order valence-corrected chi connectivity index (χ1v) is 7.96. The van der Waals surface area contributed by atoms with Gasteiger partial charge in [-0.15, -0.1) is 0 Å². The van der Waals surface area contributed by atoms with Crippen LogP contribution in [0.3, 0.4) is 0 Å². The summed E-state index contributed by atoms with van der Waals surface area (Å²) in [6.45, 7) is 9.94. The Kier molecular flexibility index (Phi) is 7.44. The lowest BCUT2D eigenvalue weighted by Crippen LogP contribution is -2.31. The van der Waals surface area contributed by atoms with E-state index in [0.717, 1.165) is 6.54 Å². The topological polar surface area (TPSA) is 41.1 Å². The molecule has 21 heavy (non-hydrogen) atoms. The zero-order valence-corrected chi connectivity index (χ0v) is 14.1. The van der Waals surface area contributed by atoms with Crippen molar-refractivity contribution in [3.8, 4) is 0 Å². The van der Waals surface area contributed by atoms with E-state index in [1.165, 1.54) is 18.4 Å². The summed E-state index contributed by atoms with van der Waals surface area (Å²) in [5, 5.41) is 6.30. The normalized spacial score (nSPS) is 11.4. The first kappa shape index (κ1) is 17.7. The second-order valence-corrected chi connectivity index (χ2v) is 6.61. The molecule has 118 valence electrons. The molecule has 0 spiro atoms. The smallest absolute Gasteiger partial charge is 0.251 e. The zero-order valence-electron chi connectivity index (χ0n) is 14.1. The van der Waals surface area contributed by atoms with E-state index in [2.05, 4.69) is 38.3 Å². The number of amides is 1. The summed E-state index contributed by atoms with van der Waals surface area (Å²) in [5.74, 6) is 1.38. The first-order chi connectivity index (χ1) is 9.92. The number of rotatable bonds is 8. The molecule has 0 saturated heterocycles. The quantitative estimate of drug-likeness (QED) is 0.768. The third-order valence-corrected chi connectivity index (χ3v) is 3.55. The molecule has 3 nitrogen and oxygen atoms in total. The second kappa shape index (κ2) is 8.83. The van der Waals surface area contributed by atoms with Crippen molar-refractivity contribution in [3.63, 3.8) is 0 Å². The van der Waals surface area contributed by atoms with Crippen molar-refractivity contribution in [1.29, 1.82) is 0 Å². The third-order valence-electron chi connectivity index (χ3n) is 3.55. The Labute approximate surface area is 129 Å². The zero-order chi connectivity index (χ0) is 15.8. The molecule has 0 atom stereocenters. The van der Waals surface area contributed by atoms with Gasteiger partial charge in [0.15, 0.2) is 0 Å². The molecular formula is C18H30N2O. The van der Waals surface area contributed by atoms with Crippen LogP contribution in [0.25, 0.3) is 0 Å². The average molecular weight is 290 g/mol. The molecule has 0 unspecified atom stereocenters. The van der Waals surface area contributed by atoms with Gasteiger partial charge in [-0.3, -0.25) is 4.79 Å². The van der Waals surface area contributed by atoms with Crippen LogP contribution < -0.4 is 10.6 Å². The Bertz CT molecular complexity index is 413. The molecule has 1 rings (SSSR count). The second-order valence-electron chi connectivity index (χ2n) is 6.61. The molecule has 0 aliphatic carbocycles. The molecule has 0 aliphatic heterocycles. The average Bonchev–Trinajstić information content (AvgIpc) is 2.43. The third kappa shape index (κ3) is 6.76. The number of carbonyl (C=O) groups excluding carboxylic acids is 1. The monoisotopic (exact) mass is 290 g/mol. The van der Waals surface area contributed by atoms with Gasteiger partial charge in [-0.05, 0) is 42.4 Å². The Morgan fingerprint density at radius 2 is 1.52 bits per heavy atom. The first-order valence-electron chi connectivity index (χ1n) is 7.96. The summed E-state index contributed by atoms with van der Waals surface area (Å²) >= 11 is 0. The minimum Gasteiger partial charge on any atom is -0.355 e. The summed E-state index contributed by atoms with van der Waals surface area (Å²) in [6.07, 6.45) is 2.41. The van der Waals surface area contributed by atoms with Crippen LogP contribution >= 0.6 is 0 Å². The SMILES string of the molecule is CNC(=O)c1ccc(CNC(CC(C)C)CC(C)C)cc1. The molecule has 1 aromatic carbocycles. The van der Waals surface area contributed by atoms with Crippen LogP contribution in [0.1, 0.15) is 56.5 Å². The van der Waals surface area contributed by atoms with Crippen molar-refractivity contribution in [1.82, 2.24) is 10.6 Å². The van der Waals surface area contributed by atoms with E-state index < -0.39 is 0 Å². The van der Waals surface area contributed by atoms with Gasteiger partial charge in [-0.2, -0.15) is 0 Å². The summed E-state index contributed by atoms with van der Waals surface area (Å²) in [6, 6.07) is 8.38. The molecule has 0 fully saturated rings. The van der Waals surface area contributed by atoms with Gasteiger partial charge in [-0.1, -0.05) is 39.8 Å². The van der Waals surface area contributed by atoms with Gasteiger partial charge in [0.1, 0.15) is 0 Å². The maximum absolute atomic E-state index is 11.5. The van der Waals surface area contributed by atoms with Gasteiger partial charge in [0.25, 0.3) is 5.91 Å². The molecule has 0 aromatic heterocycles. The summed E-state index contributed by atoms with van der Waals surface area (Å²) < 4.78 is 0. The van der Waals surface area contributed by atoms with Crippen LogP contribution in [-0.2, 0) is 6.54 Å². The maximum atomic E-state index is 11.5. The number of hydrogen-bond donors (Lipinski definition) is 2. The van der Waals surface area contributed by atoms with Crippen molar-refractivity contribution in [2.45, 2.75) is 53.1 Å². The van der Waals surface area contributed by atoms with E-state index in [1.54, 1.807) is 7.05 Å². The highest BCUT2D eigenvalue weighted by molar-refractivity contribution is 5.93. The van der Waals surface area contributed by atoms with Crippen LogP contribution in [0.4, 0.5) is 0 Å². The number of nitrogens with one attached hydrogen (secondary N) is 2. The largest absolute Gasteiger partial charge is 0.355 e. The molecule has 0 bridgehead atoms. The Hall–Kier alpha value is -1.35. The molecule has 0 heterocycles. The van der Waals surface area contributed by atoms with Crippen LogP contribution in [0.2, 0.25) is 0 Å². The van der Waals surface area contributed by atoms with Crippen molar-refractivity contribution in [3.05, 3.63) is 35.4 Å². The fourth-order valence-electron chi connectivity index (χ4n) is 2.58. The lowest BCUT2D eigenvalue weighted by Gasteiger charge is -2.22. The number of hydrogen-bond acceptors (Lipinski definition) is 2. The van der Waals surface area contributed by atoms with Crippen molar-refractivity contribution in [2.24, 2.45) is 11.8 Å². The fourth-order valence-corrected chi connectivity index (χ4v) is 2.58. The van der Waals surface area contributed by atoms with Crippen molar-refractivity contribution >= 4 is 5.91 Å². The number of benzene rings is 1. The fraction of sp³-hybridized carbons (Fsp3) is 0.611. The lowest BCUT2D eigenvalue weighted by molar-refractivity contribution is 0.0963.